The second kappa shape index (κ2) is 10.0. The van der Waals surface area contributed by atoms with Crippen molar-refractivity contribution in [3.8, 4) is 0 Å². The first-order chi connectivity index (χ1) is 12.0. The van der Waals surface area contributed by atoms with Crippen LogP contribution in [0.3, 0.4) is 0 Å². The average molecular weight is 387 g/mol. The Hall–Kier alpha value is -1.27. The standard InChI is InChI=1S/C18H24ClFN2O2S/c1-25-10-9-16(22-17(23)12-5-3-2-4-6-12)18(24)21-13-7-8-15(20)14(19)11-13/h7-8,11-12,16H,2-6,9-10H2,1H3,(H,21,24)(H,22,23)/t16-/m1/s1. The van der Waals surface area contributed by atoms with Gasteiger partial charge >= 0.3 is 0 Å². The van der Waals surface area contributed by atoms with E-state index < -0.39 is 11.9 Å². The molecule has 0 bridgehead atoms. The molecule has 0 saturated heterocycles. The van der Waals surface area contributed by atoms with Crippen LogP contribution in [-0.4, -0.2) is 29.9 Å². The maximum Gasteiger partial charge on any atom is 0.246 e. The fourth-order valence-corrected chi connectivity index (χ4v) is 3.61. The van der Waals surface area contributed by atoms with Gasteiger partial charge in [0.2, 0.25) is 11.8 Å². The molecule has 7 heteroatoms. The highest BCUT2D eigenvalue weighted by atomic mass is 35.5. The van der Waals surface area contributed by atoms with E-state index >= 15 is 0 Å². The van der Waals surface area contributed by atoms with Crippen molar-refractivity contribution in [1.29, 1.82) is 0 Å². The Morgan fingerprint density at radius 1 is 1.32 bits per heavy atom. The van der Waals surface area contributed by atoms with Crippen LogP contribution >= 0.6 is 23.4 Å². The van der Waals surface area contributed by atoms with Crippen LogP contribution in [0.1, 0.15) is 38.5 Å². The molecule has 2 rings (SSSR count). The molecular formula is C18H24ClFN2O2S. The predicted molar refractivity (Wildman–Crippen MR) is 102 cm³/mol. The van der Waals surface area contributed by atoms with Gasteiger partial charge in [-0.2, -0.15) is 11.8 Å². The van der Waals surface area contributed by atoms with Crippen LogP contribution < -0.4 is 10.6 Å². The monoisotopic (exact) mass is 386 g/mol. The van der Waals surface area contributed by atoms with E-state index in [1.54, 1.807) is 11.8 Å². The lowest BCUT2D eigenvalue weighted by Gasteiger charge is -2.24. The van der Waals surface area contributed by atoms with Gasteiger partial charge < -0.3 is 10.6 Å². The van der Waals surface area contributed by atoms with Crippen LogP contribution in [0.5, 0.6) is 0 Å². The number of benzene rings is 1. The van der Waals surface area contributed by atoms with Crippen LogP contribution in [0.15, 0.2) is 18.2 Å². The lowest BCUT2D eigenvalue weighted by Crippen LogP contribution is -2.46. The van der Waals surface area contributed by atoms with Crippen LogP contribution in [0, 0.1) is 11.7 Å². The van der Waals surface area contributed by atoms with Gasteiger partial charge in [-0.05, 0) is 49.5 Å². The van der Waals surface area contributed by atoms with Crippen molar-refractivity contribution in [3.63, 3.8) is 0 Å². The molecule has 1 saturated carbocycles. The number of amides is 2. The molecule has 1 atom stereocenters. The Labute approximate surface area is 157 Å². The van der Waals surface area contributed by atoms with Gasteiger partial charge in [0.25, 0.3) is 0 Å². The first-order valence-corrected chi connectivity index (χ1v) is 10.3. The van der Waals surface area contributed by atoms with E-state index in [9.17, 15) is 14.0 Å². The number of rotatable bonds is 7. The van der Waals surface area contributed by atoms with Gasteiger partial charge in [-0.3, -0.25) is 9.59 Å². The summed E-state index contributed by atoms with van der Waals surface area (Å²) in [7, 11) is 0. The van der Waals surface area contributed by atoms with Crippen molar-refractivity contribution in [3.05, 3.63) is 29.0 Å². The first-order valence-electron chi connectivity index (χ1n) is 8.56. The summed E-state index contributed by atoms with van der Waals surface area (Å²) in [6.45, 7) is 0. The summed E-state index contributed by atoms with van der Waals surface area (Å²) in [6.07, 6.45) is 7.57. The molecule has 0 aliphatic heterocycles. The number of nitrogens with one attached hydrogen (secondary N) is 2. The molecule has 4 nitrogen and oxygen atoms in total. The lowest BCUT2D eigenvalue weighted by atomic mass is 9.88. The molecule has 25 heavy (non-hydrogen) atoms. The smallest absolute Gasteiger partial charge is 0.246 e. The van der Waals surface area contributed by atoms with Crippen LogP contribution in [0.4, 0.5) is 10.1 Å². The molecule has 0 radical (unpaired) electrons. The zero-order valence-corrected chi connectivity index (χ0v) is 15.9. The number of hydrogen-bond acceptors (Lipinski definition) is 3. The average Bonchev–Trinajstić information content (AvgIpc) is 2.62. The summed E-state index contributed by atoms with van der Waals surface area (Å²) < 4.78 is 13.2. The van der Waals surface area contributed by atoms with E-state index in [0.717, 1.165) is 31.4 Å². The molecule has 1 aliphatic carbocycles. The molecule has 1 aliphatic rings. The predicted octanol–water partition coefficient (Wildman–Crippen LogP) is 4.24. The first kappa shape index (κ1) is 20.0. The Kier molecular flexibility index (Phi) is 8.03. The molecular weight excluding hydrogens is 363 g/mol. The fourth-order valence-electron chi connectivity index (χ4n) is 2.96. The van der Waals surface area contributed by atoms with Gasteiger partial charge in [-0.15, -0.1) is 0 Å². The maximum absolute atomic E-state index is 13.2. The number of thioether (sulfide) groups is 1. The topological polar surface area (TPSA) is 58.2 Å². The number of halogens is 2. The summed E-state index contributed by atoms with van der Waals surface area (Å²) in [5, 5.41) is 5.56. The van der Waals surface area contributed by atoms with Crippen molar-refractivity contribution in [2.75, 3.05) is 17.3 Å². The normalized spacial score (nSPS) is 16.3. The quantitative estimate of drug-likeness (QED) is 0.737. The Morgan fingerprint density at radius 2 is 2.04 bits per heavy atom. The minimum absolute atomic E-state index is 0.00130. The molecule has 1 fully saturated rings. The number of carbonyl (C=O) groups is 2. The largest absolute Gasteiger partial charge is 0.344 e. The van der Waals surface area contributed by atoms with Crippen LogP contribution in [0.2, 0.25) is 5.02 Å². The minimum Gasteiger partial charge on any atom is -0.344 e. The number of carbonyl (C=O) groups excluding carboxylic acids is 2. The summed E-state index contributed by atoms with van der Waals surface area (Å²) in [6, 6.07) is 3.41. The van der Waals surface area contributed by atoms with Crippen LogP contribution in [-0.2, 0) is 9.59 Å². The number of anilines is 1. The van der Waals surface area contributed by atoms with Gasteiger partial charge in [0.15, 0.2) is 0 Å². The molecule has 0 aromatic heterocycles. The van der Waals surface area contributed by atoms with Crippen molar-refractivity contribution in [2.45, 2.75) is 44.6 Å². The van der Waals surface area contributed by atoms with E-state index in [2.05, 4.69) is 10.6 Å². The molecule has 0 heterocycles. The van der Waals surface area contributed by atoms with Gasteiger partial charge in [-0.25, -0.2) is 4.39 Å². The molecule has 1 aromatic rings. The Morgan fingerprint density at radius 3 is 2.68 bits per heavy atom. The highest BCUT2D eigenvalue weighted by molar-refractivity contribution is 7.98. The van der Waals surface area contributed by atoms with Crippen molar-refractivity contribution >= 4 is 40.9 Å². The summed E-state index contributed by atoms with van der Waals surface area (Å²) in [5.41, 5.74) is 0.414. The fraction of sp³-hybridized carbons (Fsp3) is 0.556. The van der Waals surface area contributed by atoms with Crippen molar-refractivity contribution in [1.82, 2.24) is 5.32 Å². The van der Waals surface area contributed by atoms with Crippen molar-refractivity contribution in [2.24, 2.45) is 5.92 Å². The van der Waals surface area contributed by atoms with E-state index in [1.165, 1.54) is 24.6 Å². The summed E-state index contributed by atoms with van der Waals surface area (Å²) >= 11 is 7.37. The highest BCUT2D eigenvalue weighted by Gasteiger charge is 2.26. The lowest BCUT2D eigenvalue weighted by molar-refractivity contribution is -0.130. The second-order valence-electron chi connectivity index (χ2n) is 6.30. The third-order valence-electron chi connectivity index (χ3n) is 4.41. The Balaban J connectivity index is 2.00. The van der Waals surface area contributed by atoms with Gasteiger partial charge in [0, 0.05) is 11.6 Å². The van der Waals surface area contributed by atoms with E-state index in [4.69, 9.17) is 11.6 Å². The molecule has 0 spiro atoms. The highest BCUT2D eigenvalue weighted by Crippen LogP contribution is 2.24. The molecule has 138 valence electrons. The van der Waals surface area contributed by atoms with E-state index in [1.807, 2.05) is 6.26 Å². The zero-order chi connectivity index (χ0) is 18.2. The van der Waals surface area contributed by atoms with Crippen LogP contribution in [0.25, 0.3) is 0 Å². The van der Waals surface area contributed by atoms with Gasteiger partial charge in [-0.1, -0.05) is 30.9 Å². The molecule has 2 amide bonds. The third kappa shape index (κ3) is 6.19. The van der Waals surface area contributed by atoms with Gasteiger partial charge in [0.05, 0.1) is 5.02 Å². The minimum atomic E-state index is -0.606. The summed E-state index contributed by atoms with van der Waals surface area (Å²) in [5.74, 6) is -0.130. The number of hydrogen-bond donors (Lipinski definition) is 2. The summed E-state index contributed by atoms with van der Waals surface area (Å²) in [4.78, 5) is 25.0. The SMILES string of the molecule is CSCC[C@@H](NC(=O)C1CCCCC1)C(=O)Nc1ccc(F)c(Cl)c1. The zero-order valence-electron chi connectivity index (χ0n) is 14.3. The van der Waals surface area contributed by atoms with E-state index in [0.29, 0.717) is 12.1 Å². The van der Waals surface area contributed by atoms with Gasteiger partial charge in [0.1, 0.15) is 11.9 Å². The van der Waals surface area contributed by atoms with E-state index in [-0.39, 0.29) is 22.8 Å². The second-order valence-corrected chi connectivity index (χ2v) is 7.69. The van der Waals surface area contributed by atoms with Crippen molar-refractivity contribution < 1.29 is 14.0 Å². The molecule has 1 aromatic carbocycles. The molecule has 0 unspecified atom stereocenters. The maximum atomic E-state index is 13.2. The third-order valence-corrected chi connectivity index (χ3v) is 5.34. The molecule has 2 N–H and O–H groups in total. The Bertz CT molecular complexity index is 609.